The van der Waals surface area contributed by atoms with Crippen molar-refractivity contribution in [1.82, 2.24) is 9.55 Å². The average molecular weight is 410 g/mol. The van der Waals surface area contributed by atoms with Crippen LogP contribution in [-0.2, 0) is 11.8 Å². The van der Waals surface area contributed by atoms with E-state index in [0.717, 1.165) is 10.0 Å². The number of ether oxygens (including phenoxy) is 1. The molecule has 1 N–H and O–H groups in total. The molecule has 0 unspecified atom stereocenters. The number of nitrogens with zero attached hydrogens (tertiary/aromatic N) is 2. The van der Waals surface area contributed by atoms with Crippen LogP contribution in [0.4, 0.5) is 5.82 Å². The zero-order valence-electron chi connectivity index (χ0n) is 13.4. The fourth-order valence-electron chi connectivity index (χ4n) is 2.90. The molecular weight excluding hydrogens is 394 g/mol. The first-order chi connectivity index (χ1) is 11.5. The molecule has 6 nitrogen and oxygen atoms in total. The summed E-state index contributed by atoms with van der Waals surface area (Å²) in [6, 6.07) is 5.58. The number of aromatic nitrogens is 2. The number of halogens is 1. The van der Waals surface area contributed by atoms with Gasteiger partial charge in [0.2, 0.25) is 5.91 Å². The third-order valence-corrected chi connectivity index (χ3v) is 5.41. The lowest BCUT2D eigenvalue weighted by Gasteiger charge is -2.27. The molecule has 0 fully saturated rings. The van der Waals surface area contributed by atoms with Gasteiger partial charge in [0.05, 0.1) is 17.1 Å². The Morgan fingerprint density at radius 3 is 2.79 bits per heavy atom. The van der Waals surface area contributed by atoms with Gasteiger partial charge in [-0.1, -0.05) is 17.8 Å². The Kier molecular flexibility index (Phi) is 4.69. The van der Waals surface area contributed by atoms with Crippen LogP contribution in [0.15, 0.2) is 32.6 Å². The van der Waals surface area contributed by atoms with Crippen LogP contribution in [0.5, 0.6) is 5.75 Å². The highest BCUT2D eigenvalue weighted by atomic mass is 79.9. The summed E-state index contributed by atoms with van der Waals surface area (Å²) < 4.78 is 7.78. The molecule has 24 heavy (non-hydrogen) atoms. The summed E-state index contributed by atoms with van der Waals surface area (Å²) in [5.74, 6) is 0.765. The Balaban J connectivity index is 2.19. The first-order valence-corrected chi connectivity index (χ1v) is 9.26. The van der Waals surface area contributed by atoms with Gasteiger partial charge in [-0.3, -0.25) is 9.59 Å². The molecule has 2 aromatic rings. The maximum Gasteiger partial charge on any atom is 0.279 e. The second-order valence-electron chi connectivity index (χ2n) is 5.42. The normalized spacial score (nSPS) is 16.5. The Labute approximate surface area is 151 Å². The smallest absolute Gasteiger partial charge is 0.279 e. The largest absolute Gasteiger partial charge is 0.496 e. The van der Waals surface area contributed by atoms with E-state index in [0.29, 0.717) is 22.3 Å². The highest BCUT2D eigenvalue weighted by Crippen LogP contribution is 2.38. The van der Waals surface area contributed by atoms with Crippen LogP contribution in [0.1, 0.15) is 23.5 Å². The van der Waals surface area contributed by atoms with Crippen LogP contribution in [0.3, 0.4) is 0 Å². The van der Waals surface area contributed by atoms with Gasteiger partial charge in [0, 0.05) is 19.4 Å². The van der Waals surface area contributed by atoms with Crippen LogP contribution < -0.4 is 15.6 Å². The van der Waals surface area contributed by atoms with Gasteiger partial charge >= 0.3 is 0 Å². The molecule has 8 heteroatoms. The minimum Gasteiger partial charge on any atom is -0.496 e. The predicted octanol–water partition coefficient (Wildman–Crippen LogP) is 2.75. The molecule has 0 radical (unpaired) electrons. The number of anilines is 1. The Morgan fingerprint density at radius 2 is 2.17 bits per heavy atom. The van der Waals surface area contributed by atoms with Gasteiger partial charge in [-0.15, -0.1) is 0 Å². The van der Waals surface area contributed by atoms with E-state index in [-0.39, 0.29) is 23.8 Å². The third kappa shape index (κ3) is 2.84. The van der Waals surface area contributed by atoms with Crippen LogP contribution in [0, 0.1) is 0 Å². The number of carbonyl (C=O) groups is 1. The number of thioether (sulfide) groups is 1. The van der Waals surface area contributed by atoms with Crippen molar-refractivity contribution in [1.29, 1.82) is 0 Å². The first kappa shape index (κ1) is 17.0. The zero-order chi connectivity index (χ0) is 17.4. The second-order valence-corrected chi connectivity index (χ2v) is 7.05. The fraction of sp³-hybridized carbons (Fsp3) is 0.312. The van der Waals surface area contributed by atoms with Crippen LogP contribution in [0.25, 0.3) is 0 Å². The third-order valence-electron chi connectivity index (χ3n) is 4.06. The quantitative estimate of drug-likeness (QED) is 0.623. The van der Waals surface area contributed by atoms with E-state index >= 15 is 0 Å². The summed E-state index contributed by atoms with van der Waals surface area (Å²) >= 11 is 4.82. The van der Waals surface area contributed by atoms with Crippen molar-refractivity contribution >= 4 is 39.4 Å². The minimum absolute atomic E-state index is 0.118. The van der Waals surface area contributed by atoms with E-state index in [2.05, 4.69) is 26.2 Å². The van der Waals surface area contributed by atoms with Gasteiger partial charge in [0.15, 0.2) is 5.16 Å². The number of hydrogen-bond acceptors (Lipinski definition) is 5. The molecule has 3 rings (SSSR count). The minimum atomic E-state index is -0.335. The van der Waals surface area contributed by atoms with E-state index in [4.69, 9.17) is 4.74 Å². The summed E-state index contributed by atoms with van der Waals surface area (Å²) in [4.78, 5) is 28.9. The van der Waals surface area contributed by atoms with Crippen LogP contribution in [-0.4, -0.2) is 28.8 Å². The molecule has 0 saturated carbocycles. The molecule has 2 heterocycles. The van der Waals surface area contributed by atoms with E-state index in [1.54, 1.807) is 18.7 Å². The molecule has 1 atom stereocenters. The number of rotatable bonds is 3. The van der Waals surface area contributed by atoms with E-state index in [1.807, 2.05) is 24.5 Å². The van der Waals surface area contributed by atoms with E-state index < -0.39 is 0 Å². The van der Waals surface area contributed by atoms with Gasteiger partial charge in [0.1, 0.15) is 11.6 Å². The zero-order valence-corrected chi connectivity index (χ0v) is 15.8. The van der Waals surface area contributed by atoms with E-state index in [9.17, 15) is 9.59 Å². The SMILES string of the molecule is COc1ccc([C@@H]2CC(=O)Nc3c2c(=O)nc(SC)n3C)cc1Br. The highest BCUT2D eigenvalue weighted by molar-refractivity contribution is 9.10. The Morgan fingerprint density at radius 1 is 1.42 bits per heavy atom. The number of nitrogens with one attached hydrogen (secondary N) is 1. The summed E-state index contributed by atoms with van der Waals surface area (Å²) in [5.41, 5.74) is 1.09. The van der Waals surface area contributed by atoms with E-state index in [1.165, 1.54) is 11.8 Å². The van der Waals surface area contributed by atoms with Gasteiger partial charge in [-0.25, -0.2) is 0 Å². The topological polar surface area (TPSA) is 73.2 Å². The fourth-order valence-corrected chi connectivity index (χ4v) is 4.00. The van der Waals surface area contributed by atoms with Crippen molar-refractivity contribution in [2.24, 2.45) is 7.05 Å². The molecule has 1 aromatic heterocycles. The molecular formula is C16H16BrN3O3S. The number of fused-ring (bicyclic) bond motifs is 1. The Bertz CT molecular complexity index is 882. The second kappa shape index (κ2) is 6.60. The van der Waals surface area contributed by atoms with Crippen molar-refractivity contribution < 1.29 is 9.53 Å². The molecule has 126 valence electrons. The Hall–Kier alpha value is -1.80. The van der Waals surface area contributed by atoms with Crippen molar-refractivity contribution in [2.75, 3.05) is 18.7 Å². The molecule has 0 aliphatic carbocycles. The van der Waals surface area contributed by atoms with Crippen molar-refractivity contribution in [3.8, 4) is 5.75 Å². The summed E-state index contributed by atoms with van der Waals surface area (Å²) in [7, 11) is 3.39. The van der Waals surface area contributed by atoms with Gasteiger partial charge in [-0.2, -0.15) is 4.98 Å². The lowest BCUT2D eigenvalue weighted by Crippen LogP contribution is -2.33. The number of benzene rings is 1. The molecule has 0 bridgehead atoms. The molecule has 1 aromatic carbocycles. The van der Waals surface area contributed by atoms with Crippen molar-refractivity contribution in [3.63, 3.8) is 0 Å². The van der Waals surface area contributed by atoms with Crippen molar-refractivity contribution in [2.45, 2.75) is 17.5 Å². The molecule has 0 saturated heterocycles. The number of methoxy groups -OCH3 is 1. The van der Waals surface area contributed by atoms with Crippen molar-refractivity contribution in [3.05, 3.63) is 44.2 Å². The standard InChI is InChI=1S/C16H16BrN3O3S/c1-20-14-13(15(22)19-16(20)24-3)9(7-12(21)18-14)8-4-5-11(23-2)10(17)6-8/h4-6,9H,7H2,1-3H3,(H,18,21)/t9-/m0/s1. The highest BCUT2D eigenvalue weighted by Gasteiger charge is 2.32. The monoisotopic (exact) mass is 409 g/mol. The lowest BCUT2D eigenvalue weighted by molar-refractivity contribution is -0.116. The molecule has 0 spiro atoms. The maximum atomic E-state index is 12.6. The van der Waals surface area contributed by atoms with Gasteiger partial charge in [0.25, 0.3) is 5.56 Å². The summed E-state index contributed by atoms with van der Waals surface area (Å²) in [6.45, 7) is 0. The maximum absolute atomic E-state index is 12.6. The molecule has 1 amide bonds. The number of carbonyl (C=O) groups excluding carboxylic acids is 1. The predicted molar refractivity (Wildman–Crippen MR) is 97.0 cm³/mol. The van der Waals surface area contributed by atoms with Gasteiger partial charge < -0.3 is 14.6 Å². The van der Waals surface area contributed by atoms with Crippen LogP contribution in [0.2, 0.25) is 0 Å². The average Bonchev–Trinajstić information content (AvgIpc) is 2.57. The number of amides is 1. The summed E-state index contributed by atoms with van der Waals surface area (Å²) in [5, 5.41) is 3.38. The van der Waals surface area contributed by atoms with Gasteiger partial charge in [-0.05, 0) is 39.9 Å². The molecule has 1 aliphatic heterocycles. The van der Waals surface area contributed by atoms with Crippen LogP contribution >= 0.6 is 27.7 Å². The molecule has 1 aliphatic rings. The number of hydrogen-bond donors (Lipinski definition) is 1. The first-order valence-electron chi connectivity index (χ1n) is 7.24. The summed E-state index contributed by atoms with van der Waals surface area (Å²) in [6.07, 6.45) is 2.05. The lowest BCUT2D eigenvalue weighted by atomic mass is 9.87.